The molecule has 1 fully saturated rings. The van der Waals surface area contributed by atoms with Crippen molar-refractivity contribution in [1.29, 1.82) is 0 Å². The second kappa shape index (κ2) is 7.24. The zero-order chi connectivity index (χ0) is 19.5. The number of rotatable bonds is 5. The predicted molar refractivity (Wildman–Crippen MR) is 84.2 cm³/mol. The third kappa shape index (κ3) is 5.12. The molecule has 1 aromatic rings. The van der Waals surface area contributed by atoms with Crippen LogP contribution in [0.1, 0.15) is 13.8 Å². The van der Waals surface area contributed by atoms with E-state index < -0.39 is 35.9 Å². The fourth-order valence-electron chi connectivity index (χ4n) is 1.98. The molecule has 10 heteroatoms. The molecule has 142 valence electrons. The third-order valence-corrected chi connectivity index (χ3v) is 3.33. The molecule has 26 heavy (non-hydrogen) atoms. The van der Waals surface area contributed by atoms with Crippen molar-refractivity contribution in [2.75, 3.05) is 11.6 Å². The molecular weight excluding hydrogens is 357 g/mol. The Bertz CT molecular complexity index is 705. The van der Waals surface area contributed by atoms with Gasteiger partial charge in [-0.1, -0.05) is 12.1 Å². The lowest BCUT2D eigenvalue weighted by molar-refractivity contribution is -0.274. The van der Waals surface area contributed by atoms with Crippen LogP contribution in [0, 0.1) is 0 Å². The molecule has 2 rings (SSSR count). The van der Waals surface area contributed by atoms with Gasteiger partial charge in [0.05, 0.1) is 5.54 Å². The minimum atomic E-state index is -4.86. The minimum Gasteiger partial charge on any atom is -0.410 e. The third-order valence-electron chi connectivity index (χ3n) is 3.33. The largest absolute Gasteiger partial charge is 0.573 e. The first kappa shape index (κ1) is 19.6. The van der Waals surface area contributed by atoms with Gasteiger partial charge in [-0.05, 0) is 26.0 Å². The molecule has 1 N–H and O–H groups in total. The summed E-state index contributed by atoms with van der Waals surface area (Å²) in [5.41, 5.74) is -0.656. The molecule has 0 saturated carbocycles. The summed E-state index contributed by atoms with van der Waals surface area (Å²) >= 11 is 0. The molecule has 0 aromatic heterocycles. The van der Waals surface area contributed by atoms with E-state index in [2.05, 4.69) is 16.6 Å². The number of halogens is 3. The highest BCUT2D eigenvalue weighted by molar-refractivity contribution is 5.98. The first-order valence-corrected chi connectivity index (χ1v) is 7.42. The summed E-state index contributed by atoms with van der Waals surface area (Å²) in [7, 11) is 0. The van der Waals surface area contributed by atoms with Crippen LogP contribution in [0.4, 0.5) is 23.7 Å². The van der Waals surface area contributed by atoms with Crippen LogP contribution in [0.2, 0.25) is 0 Å². The van der Waals surface area contributed by atoms with Gasteiger partial charge in [0.15, 0.2) is 0 Å². The van der Waals surface area contributed by atoms with Crippen LogP contribution in [0.25, 0.3) is 0 Å². The Morgan fingerprint density at radius 1 is 1.42 bits per heavy atom. The zero-order valence-corrected chi connectivity index (χ0v) is 14.0. The van der Waals surface area contributed by atoms with Crippen molar-refractivity contribution in [1.82, 2.24) is 5.32 Å². The summed E-state index contributed by atoms with van der Waals surface area (Å²) < 4.78 is 50.7. The van der Waals surface area contributed by atoms with Crippen LogP contribution < -0.4 is 15.0 Å². The maximum atomic E-state index is 12.3. The van der Waals surface area contributed by atoms with Crippen molar-refractivity contribution in [3.8, 4) is 5.75 Å². The van der Waals surface area contributed by atoms with Gasteiger partial charge >= 0.3 is 12.5 Å². The number of carbonyl (C=O) groups excluding carboxylic acids is 2. The maximum Gasteiger partial charge on any atom is 0.573 e. The summed E-state index contributed by atoms with van der Waals surface area (Å²) in [4.78, 5) is 25.1. The standard InChI is InChI=1S/C16H17F3N2O5/c1-4-15(2,3)20-14(23)25-13-12(22)21(9-24-13)10-6-5-7-11(8-10)26-16(17,18)19/h4-8,13H,1,9H2,2-3H3,(H,20,23). The van der Waals surface area contributed by atoms with Gasteiger partial charge in [-0.25, -0.2) is 4.79 Å². The molecule has 1 heterocycles. The lowest BCUT2D eigenvalue weighted by Gasteiger charge is -2.22. The number of hydrogen-bond donors (Lipinski definition) is 1. The Morgan fingerprint density at radius 3 is 2.73 bits per heavy atom. The molecule has 1 saturated heterocycles. The Kier molecular flexibility index (Phi) is 5.45. The number of benzene rings is 1. The minimum absolute atomic E-state index is 0.106. The first-order valence-electron chi connectivity index (χ1n) is 7.42. The number of anilines is 1. The number of nitrogens with one attached hydrogen (secondary N) is 1. The van der Waals surface area contributed by atoms with E-state index in [0.29, 0.717) is 0 Å². The highest BCUT2D eigenvalue weighted by Crippen LogP contribution is 2.29. The van der Waals surface area contributed by atoms with Crippen molar-refractivity contribution in [3.05, 3.63) is 36.9 Å². The fourth-order valence-corrected chi connectivity index (χ4v) is 1.98. The molecule has 1 atom stereocenters. The van der Waals surface area contributed by atoms with E-state index in [9.17, 15) is 22.8 Å². The lowest BCUT2D eigenvalue weighted by Crippen LogP contribution is -2.44. The number of ether oxygens (including phenoxy) is 3. The smallest absolute Gasteiger partial charge is 0.410 e. The first-order chi connectivity index (χ1) is 12.0. The molecule has 2 amide bonds. The van der Waals surface area contributed by atoms with Crippen LogP contribution >= 0.6 is 0 Å². The SMILES string of the molecule is C=CC(C)(C)NC(=O)OC1OCN(c2cccc(OC(F)(F)F)c2)C1=O. The van der Waals surface area contributed by atoms with E-state index in [0.717, 1.165) is 17.0 Å². The Hall–Kier alpha value is -2.75. The zero-order valence-electron chi connectivity index (χ0n) is 14.0. The van der Waals surface area contributed by atoms with E-state index in [1.807, 2.05) is 0 Å². The highest BCUT2D eigenvalue weighted by Gasteiger charge is 2.38. The highest BCUT2D eigenvalue weighted by atomic mass is 19.4. The predicted octanol–water partition coefficient (Wildman–Crippen LogP) is 2.92. The van der Waals surface area contributed by atoms with E-state index in [1.54, 1.807) is 13.8 Å². The molecule has 1 aromatic carbocycles. The van der Waals surface area contributed by atoms with Crippen molar-refractivity contribution < 1.29 is 37.0 Å². The number of alkyl halides is 3. The van der Waals surface area contributed by atoms with Gasteiger partial charge in [-0.3, -0.25) is 9.69 Å². The van der Waals surface area contributed by atoms with Crippen molar-refractivity contribution >= 4 is 17.7 Å². The average molecular weight is 374 g/mol. The molecule has 1 aliphatic rings. The van der Waals surface area contributed by atoms with E-state index in [1.165, 1.54) is 18.2 Å². The van der Waals surface area contributed by atoms with Crippen LogP contribution in [0.15, 0.2) is 36.9 Å². The van der Waals surface area contributed by atoms with Crippen LogP contribution in [-0.2, 0) is 14.3 Å². The quantitative estimate of drug-likeness (QED) is 0.802. The van der Waals surface area contributed by atoms with E-state index in [-0.39, 0.29) is 12.4 Å². The van der Waals surface area contributed by atoms with Gasteiger partial charge in [-0.2, -0.15) is 0 Å². The van der Waals surface area contributed by atoms with Gasteiger partial charge in [0.2, 0.25) is 0 Å². The molecule has 0 bridgehead atoms. The van der Waals surface area contributed by atoms with Crippen LogP contribution in [0.3, 0.4) is 0 Å². The Labute approximate surface area is 147 Å². The number of alkyl carbamates (subject to hydrolysis) is 1. The topological polar surface area (TPSA) is 77.1 Å². The number of hydrogen-bond acceptors (Lipinski definition) is 5. The van der Waals surface area contributed by atoms with Crippen LogP contribution in [0.5, 0.6) is 5.75 Å². The van der Waals surface area contributed by atoms with Crippen molar-refractivity contribution in [2.24, 2.45) is 0 Å². The normalized spacial score (nSPS) is 17.8. The Balaban J connectivity index is 2.04. The second-order valence-corrected chi connectivity index (χ2v) is 5.90. The molecule has 0 aliphatic carbocycles. The summed E-state index contributed by atoms with van der Waals surface area (Å²) in [5.74, 6) is -1.22. The molecule has 7 nitrogen and oxygen atoms in total. The van der Waals surface area contributed by atoms with Gasteiger partial charge < -0.3 is 19.5 Å². The van der Waals surface area contributed by atoms with Crippen LogP contribution in [-0.4, -0.2) is 36.9 Å². The second-order valence-electron chi connectivity index (χ2n) is 5.90. The van der Waals surface area contributed by atoms with Crippen molar-refractivity contribution in [2.45, 2.75) is 32.0 Å². The van der Waals surface area contributed by atoms with Gasteiger partial charge in [0.1, 0.15) is 12.5 Å². The number of nitrogens with zero attached hydrogens (tertiary/aromatic N) is 1. The average Bonchev–Trinajstić information content (AvgIpc) is 2.86. The van der Waals surface area contributed by atoms with Gasteiger partial charge in [0, 0.05) is 11.8 Å². The van der Waals surface area contributed by atoms with E-state index in [4.69, 9.17) is 9.47 Å². The Morgan fingerprint density at radius 2 is 2.12 bits per heavy atom. The van der Waals surface area contributed by atoms with Gasteiger partial charge in [0.25, 0.3) is 12.2 Å². The van der Waals surface area contributed by atoms with Gasteiger partial charge in [-0.15, -0.1) is 19.8 Å². The summed E-state index contributed by atoms with van der Waals surface area (Å²) in [6.07, 6.45) is -5.79. The fraction of sp³-hybridized carbons (Fsp3) is 0.375. The number of carbonyl (C=O) groups is 2. The molecular formula is C16H17F3N2O5. The summed E-state index contributed by atoms with van der Waals surface area (Å²) in [6, 6.07) is 4.81. The number of amides is 2. The molecule has 0 radical (unpaired) electrons. The lowest BCUT2D eigenvalue weighted by atomic mass is 10.1. The summed E-state index contributed by atoms with van der Waals surface area (Å²) in [6.45, 7) is 6.58. The molecule has 0 spiro atoms. The summed E-state index contributed by atoms with van der Waals surface area (Å²) in [5, 5.41) is 2.47. The molecule has 1 aliphatic heterocycles. The maximum absolute atomic E-state index is 12.3. The van der Waals surface area contributed by atoms with Crippen molar-refractivity contribution in [3.63, 3.8) is 0 Å². The van der Waals surface area contributed by atoms with E-state index >= 15 is 0 Å². The monoisotopic (exact) mass is 374 g/mol. The molecule has 1 unspecified atom stereocenters.